The van der Waals surface area contributed by atoms with Crippen LogP contribution in [0.1, 0.15) is 37.5 Å². The van der Waals surface area contributed by atoms with Gasteiger partial charge in [0.15, 0.2) is 5.17 Å². The molecular formula is C14H19ClN2S2. The highest BCUT2D eigenvalue weighted by molar-refractivity contribution is 8.14. The van der Waals surface area contributed by atoms with Gasteiger partial charge in [0.2, 0.25) is 0 Å². The Labute approximate surface area is 128 Å². The van der Waals surface area contributed by atoms with Crippen molar-refractivity contribution in [3.63, 3.8) is 0 Å². The molecule has 1 aliphatic heterocycles. The molecule has 1 saturated carbocycles. The minimum Gasteiger partial charge on any atom is -0.359 e. The molecule has 19 heavy (non-hydrogen) atoms. The van der Waals surface area contributed by atoms with Crippen LogP contribution in [0.5, 0.6) is 0 Å². The molecule has 1 aliphatic carbocycles. The summed E-state index contributed by atoms with van der Waals surface area (Å²) in [7, 11) is 0. The lowest BCUT2D eigenvalue weighted by molar-refractivity contribution is 0.242. The van der Waals surface area contributed by atoms with Crippen molar-refractivity contribution in [3.8, 4) is 0 Å². The van der Waals surface area contributed by atoms with Gasteiger partial charge >= 0.3 is 0 Å². The van der Waals surface area contributed by atoms with Crippen LogP contribution >= 0.6 is 34.7 Å². The van der Waals surface area contributed by atoms with Gasteiger partial charge in [-0.15, -0.1) is 11.3 Å². The maximum absolute atomic E-state index is 5.94. The van der Waals surface area contributed by atoms with Gasteiger partial charge in [-0.1, -0.05) is 43.1 Å². The average molecular weight is 315 g/mol. The predicted octanol–water partition coefficient (Wildman–Crippen LogP) is 4.54. The van der Waals surface area contributed by atoms with Gasteiger partial charge in [0, 0.05) is 16.2 Å². The Kier molecular flexibility index (Phi) is 4.11. The molecule has 0 radical (unpaired) electrons. The topological polar surface area (TPSA) is 24.4 Å². The number of thiophene rings is 1. The van der Waals surface area contributed by atoms with Crippen LogP contribution in [-0.4, -0.2) is 16.5 Å². The summed E-state index contributed by atoms with van der Waals surface area (Å²) in [5.74, 6) is 2.03. The summed E-state index contributed by atoms with van der Waals surface area (Å²) in [6, 6.07) is 4.01. The van der Waals surface area contributed by atoms with Crippen molar-refractivity contribution < 1.29 is 0 Å². The van der Waals surface area contributed by atoms with Crippen LogP contribution in [-0.2, 0) is 6.54 Å². The number of thioether (sulfide) groups is 1. The Balaban J connectivity index is 1.62. The second-order valence-electron chi connectivity index (χ2n) is 5.72. The standard InChI is InChI=1S/C14H19ClN2S2/c1-10-3-2-6-14(7-10)9-18-13(17-14)16-8-11-4-5-12(15)19-11/h4-5,10H,2-3,6-9H2,1H3,(H,16,17). The lowest BCUT2D eigenvalue weighted by atomic mass is 9.78. The summed E-state index contributed by atoms with van der Waals surface area (Å²) in [6.07, 6.45) is 5.33. The number of hydrogen-bond donors (Lipinski definition) is 1. The fourth-order valence-corrected chi connectivity index (χ4v) is 5.29. The maximum Gasteiger partial charge on any atom is 0.157 e. The minimum absolute atomic E-state index is 0.328. The Morgan fingerprint density at radius 3 is 3.16 bits per heavy atom. The third kappa shape index (κ3) is 3.29. The van der Waals surface area contributed by atoms with E-state index >= 15 is 0 Å². The number of halogens is 1. The zero-order valence-corrected chi connectivity index (χ0v) is 13.5. The quantitative estimate of drug-likeness (QED) is 0.866. The Hall–Kier alpha value is -0.190. The molecule has 2 fully saturated rings. The second-order valence-corrected chi connectivity index (χ2v) is 8.49. The van der Waals surface area contributed by atoms with Crippen molar-refractivity contribution in [1.82, 2.24) is 5.32 Å². The van der Waals surface area contributed by atoms with Crippen molar-refractivity contribution >= 4 is 39.9 Å². The molecule has 1 spiro atoms. The predicted molar refractivity (Wildman–Crippen MR) is 86.4 cm³/mol. The highest BCUT2D eigenvalue weighted by atomic mass is 35.5. The normalized spacial score (nSPS) is 32.9. The first-order chi connectivity index (χ1) is 9.15. The van der Waals surface area contributed by atoms with Crippen molar-refractivity contribution in [2.75, 3.05) is 5.75 Å². The number of nitrogens with one attached hydrogen (secondary N) is 1. The van der Waals surface area contributed by atoms with Crippen LogP contribution < -0.4 is 5.32 Å². The Bertz CT molecular complexity index is 486. The second kappa shape index (κ2) is 5.66. The molecule has 0 bridgehead atoms. The summed E-state index contributed by atoms with van der Waals surface area (Å²) in [5.41, 5.74) is 0.328. The number of aliphatic imine (C=N–C) groups is 1. The molecule has 3 rings (SSSR count). The monoisotopic (exact) mass is 314 g/mol. The van der Waals surface area contributed by atoms with Gasteiger partial charge < -0.3 is 5.32 Å². The minimum atomic E-state index is 0.328. The summed E-state index contributed by atoms with van der Waals surface area (Å²) in [5, 5.41) is 4.82. The highest BCUT2D eigenvalue weighted by Gasteiger charge is 2.40. The van der Waals surface area contributed by atoms with Gasteiger partial charge in [-0.05, 0) is 30.9 Å². The Morgan fingerprint density at radius 1 is 1.53 bits per heavy atom. The molecule has 2 atom stereocenters. The molecule has 5 heteroatoms. The van der Waals surface area contributed by atoms with Crippen LogP contribution in [0.25, 0.3) is 0 Å². The van der Waals surface area contributed by atoms with Gasteiger partial charge in [-0.25, -0.2) is 0 Å². The van der Waals surface area contributed by atoms with E-state index in [2.05, 4.69) is 18.3 Å². The van der Waals surface area contributed by atoms with Gasteiger partial charge in [-0.3, -0.25) is 4.99 Å². The smallest absolute Gasteiger partial charge is 0.157 e. The average Bonchev–Trinajstić information content (AvgIpc) is 2.94. The summed E-state index contributed by atoms with van der Waals surface area (Å²) < 4.78 is 0.847. The van der Waals surface area contributed by atoms with E-state index in [-0.39, 0.29) is 0 Å². The molecule has 0 amide bonds. The van der Waals surface area contributed by atoms with Crippen molar-refractivity contribution in [3.05, 3.63) is 21.3 Å². The van der Waals surface area contributed by atoms with Crippen molar-refractivity contribution in [2.45, 2.75) is 44.7 Å². The molecule has 1 N–H and O–H groups in total. The third-order valence-electron chi connectivity index (χ3n) is 3.96. The lowest BCUT2D eigenvalue weighted by Crippen LogP contribution is -2.47. The van der Waals surface area contributed by atoms with Crippen LogP contribution in [0.2, 0.25) is 4.34 Å². The molecule has 2 nitrogen and oxygen atoms in total. The van der Waals surface area contributed by atoms with Gasteiger partial charge in [0.1, 0.15) is 0 Å². The van der Waals surface area contributed by atoms with Crippen LogP contribution in [0.4, 0.5) is 0 Å². The van der Waals surface area contributed by atoms with E-state index in [1.165, 1.54) is 36.3 Å². The molecule has 0 aromatic carbocycles. The summed E-state index contributed by atoms with van der Waals surface area (Å²) >= 11 is 9.44. The summed E-state index contributed by atoms with van der Waals surface area (Å²) in [6.45, 7) is 3.12. The first-order valence-electron chi connectivity index (χ1n) is 6.85. The van der Waals surface area contributed by atoms with Gasteiger partial charge in [0.05, 0.1) is 10.9 Å². The van der Waals surface area contributed by atoms with Crippen LogP contribution in [0.3, 0.4) is 0 Å². The van der Waals surface area contributed by atoms with Crippen LogP contribution in [0, 0.1) is 5.92 Å². The molecule has 1 aromatic rings. The number of nitrogens with zero attached hydrogens (tertiary/aromatic N) is 1. The first-order valence-corrected chi connectivity index (χ1v) is 9.03. The Morgan fingerprint density at radius 2 is 2.42 bits per heavy atom. The van der Waals surface area contributed by atoms with E-state index in [0.29, 0.717) is 5.54 Å². The summed E-state index contributed by atoms with van der Waals surface area (Å²) in [4.78, 5) is 5.94. The van der Waals surface area contributed by atoms with E-state index in [4.69, 9.17) is 16.6 Å². The van der Waals surface area contributed by atoms with Gasteiger partial charge in [0.25, 0.3) is 0 Å². The lowest BCUT2D eigenvalue weighted by Gasteiger charge is -2.36. The number of hydrogen-bond acceptors (Lipinski definition) is 3. The van der Waals surface area contributed by atoms with E-state index < -0.39 is 0 Å². The fourth-order valence-electron chi connectivity index (χ4n) is 3.08. The first kappa shape index (κ1) is 13.8. The third-order valence-corrected chi connectivity index (χ3v) is 6.37. The molecule has 1 aromatic heterocycles. The zero-order valence-electron chi connectivity index (χ0n) is 11.1. The van der Waals surface area contributed by atoms with Gasteiger partial charge in [-0.2, -0.15) is 0 Å². The number of amidine groups is 1. The molecule has 2 unspecified atom stereocenters. The largest absolute Gasteiger partial charge is 0.359 e. The van der Waals surface area contributed by atoms with E-state index in [0.717, 1.165) is 22.0 Å². The molecular weight excluding hydrogens is 296 g/mol. The van der Waals surface area contributed by atoms with Crippen LogP contribution in [0.15, 0.2) is 17.1 Å². The zero-order chi connectivity index (χ0) is 13.3. The van der Waals surface area contributed by atoms with Crippen molar-refractivity contribution in [2.24, 2.45) is 10.9 Å². The molecule has 2 heterocycles. The van der Waals surface area contributed by atoms with E-state index in [1.807, 2.05) is 17.8 Å². The molecule has 2 aliphatic rings. The maximum atomic E-state index is 5.94. The highest BCUT2D eigenvalue weighted by Crippen LogP contribution is 2.38. The SMILES string of the molecule is CC1CCCC2(CSC(=NCc3ccc(Cl)s3)N2)C1. The molecule has 1 saturated heterocycles. The van der Waals surface area contributed by atoms with E-state index in [9.17, 15) is 0 Å². The van der Waals surface area contributed by atoms with E-state index in [1.54, 1.807) is 11.3 Å². The van der Waals surface area contributed by atoms with Crippen molar-refractivity contribution in [1.29, 1.82) is 0 Å². The molecule has 104 valence electrons. The fraction of sp³-hybridized carbons (Fsp3) is 0.643. The number of rotatable bonds is 2.